The Morgan fingerprint density at radius 1 is 1.06 bits per heavy atom. The van der Waals surface area contributed by atoms with Crippen molar-refractivity contribution in [2.45, 2.75) is 12.8 Å². The maximum Gasteiger partial charge on any atom is 0.329 e. The van der Waals surface area contributed by atoms with Crippen LogP contribution in [0.3, 0.4) is 0 Å². The Bertz CT molecular complexity index is 1080. The van der Waals surface area contributed by atoms with Gasteiger partial charge in [0.1, 0.15) is 23.9 Å². The lowest BCUT2D eigenvalue weighted by Gasteiger charge is -2.18. The zero-order valence-corrected chi connectivity index (χ0v) is 16.5. The van der Waals surface area contributed by atoms with Crippen LogP contribution in [0, 0.1) is 11.6 Å². The van der Waals surface area contributed by atoms with Gasteiger partial charge in [0.15, 0.2) is 0 Å². The highest BCUT2D eigenvalue weighted by atomic mass is 19.1. The summed E-state index contributed by atoms with van der Waals surface area (Å²) in [5.74, 6) is -2.49. The molecule has 2 saturated heterocycles. The number of anilines is 2. The van der Waals surface area contributed by atoms with Crippen molar-refractivity contribution in [1.82, 2.24) is 10.2 Å². The zero-order valence-electron chi connectivity index (χ0n) is 16.5. The van der Waals surface area contributed by atoms with Crippen LogP contribution in [-0.4, -0.2) is 42.4 Å². The zero-order chi connectivity index (χ0) is 22.0. The van der Waals surface area contributed by atoms with Crippen molar-refractivity contribution in [2.24, 2.45) is 0 Å². The third kappa shape index (κ3) is 4.40. The molecule has 4 amide bonds. The summed E-state index contributed by atoms with van der Waals surface area (Å²) in [4.78, 5) is 39.5. The van der Waals surface area contributed by atoms with Gasteiger partial charge in [-0.2, -0.15) is 0 Å². The van der Waals surface area contributed by atoms with Crippen molar-refractivity contribution in [3.05, 3.63) is 65.4 Å². The van der Waals surface area contributed by atoms with Crippen LogP contribution in [0.4, 0.5) is 25.0 Å². The second-order valence-electron chi connectivity index (χ2n) is 7.31. The summed E-state index contributed by atoms with van der Waals surface area (Å²) < 4.78 is 28.2. The molecular weight excluding hydrogens is 406 g/mol. The van der Waals surface area contributed by atoms with Crippen molar-refractivity contribution in [2.75, 3.05) is 29.9 Å². The molecule has 2 N–H and O–H groups in total. The quantitative estimate of drug-likeness (QED) is 0.569. The minimum atomic E-state index is -0.783. The molecule has 7 nitrogen and oxygen atoms in total. The van der Waals surface area contributed by atoms with Gasteiger partial charge in [-0.3, -0.25) is 9.59 Å². The van der Waals surface area contributed by atoms with E-state index in [4.69, 9.17) is 0 Å². The number of hydrogen-bond donors (Lipinski definition) is 2. The summed E-state index contributed by atoms with van der Waals surface area (Å²) in [5.41, 5.74) is 0.788. The van der Waals surface area contributed by atoms with Crippen molar-refractivity contribution >= 4 is 35.3 Å². The van der Waals surface area contributed by atoms with E-state index in [-0.39, 0.29) is 11.4 Å². The van der Waals surface area contributed by atoms with Crippen molar-refractivity contribution in [3.63, 3.8) is 0 Å². The van der Waals surface area contributed by atoms with E-state index in [9.17, 15) is 23.2 Å². The number of urea groups is 1. The third-order valence-electron chi connectivity index (χ3n) is 5.14. The highest BCUT2D eigenvalue weighted by Gasteiger charge is 2.35. The maximum atomic E-state index is 14.5. The van der Waals surface area contributed by atoms with Gasteiger partial charge in [-0.1, -0.05) is 18.2 Å². The van der Waals surface area contributed by atoms with Gasteiger partial charge in [0.2, 0.25) is 5.91 Å². The van der Waals surface area contributed by atoms with E-state index < -0.39 is 36.0 Å². The first-order chi connectivity index (χ1) is 14.9. The topological polar surface area (TPSA) is 81.8 Å². The van der Waals surface area contributed by atoms with Gasteiger partial charge in [0.05, 0.1) is 11.4 Å². The fraction of sp³-hybridized carbons (Fsp3) is 0.227. The number of rotatable bonds is 5. The van der Waals surface area contributed by atoms with Gasteiger partial charge >= 0.3 is 6.03 Å². The number of halogens is 2. The predicted molar refractivity (Wildman–Crippen MR) is 111 cm³/mol. The molecule has 0 unspecified atom stereocenters. The Morgan fingerprint density at radius 2 is 1.81 bits per heavy atom. The second kappa shape index (κ2) is 8.55. The smallest absolute Gasteiger partial charge is 0.329 e. The molecule has 4 rings (SSSR count). The lowest BCUT2D eigenvalue weighted by molar-refractivity contribution is -0.127. The molecule has 0 atom stereocenters. The first-order valence-corrected chi connectivity index (χ1v) is 9.86. The standard InChI is InChI=1S/C22H20F2N4O3/c23-15-5-1-2-6-17(15)25-20(29)13-28-21(30)18(26-22(28)31)12-14-7-8-19(16(24)11-14)27-9-3-4-10-27/h1-2,5-8,11-12H,3-4,9-10,13H2,(H,25,29)(H,26,31). The number of carbonyl (C=O) groups excluding carboxylic acids is 3. The number of imide groups is 1. The minimum Gasteiger partial charge on any atom is -0.369 e. The Kier molecular flexibility index (Phi) is 5.66. The molecule has 0 spiro atoms. The number of amides is 4. The molecule has 0 radical (unpaired) electrons. The molecule has 2 fully saturated rings. The number of hydrogen-bond acceptors (Lipinski definition) is 4. The SMILES string of the molecule is O=C(CN1C(=O)NC(=Cc2ccc(N3CCCC3)c(F)c2)C1=O)Nc1ccccc1F. The van der Waals surface area contributed by atoms with Crippen LogP contribution in [0.15, 0.2) is 48.2 Å². The highest BCUT2D eigenvalue weighted by molar-refractivity contribution is 6.15. The van der Waals surface area contributed by atoms with Crippen LogP contribution in [-0.2, 0) is 9.59 Å². The summed E-state index contributed by atoms with van der Waals surface area (Å²) in [6.07, 6.45) is 3.39. The molecule has 2 aromatic carbocycles. The molecule has 0 aromatic heterocycles. The van der Waals surface area contributed by atoms with E-state index in [1.54, 1.807) is 18.2 Å². The molecular formula is C22H20F2N4O3. The Labute approximate surface area is 177 Å². The van der Waals surface area contributed by atoms with Gasteiger partial charge in [0.25, 0.3) is 5.91 Å². The summed E-state index contributed by atoms with van der Waals surface area (Å²) in [5, 5.41) is 4.71. The first kappa shape index (κ1) is 20.5. The molecule has 2 heterocycles. The molecule has 2 aromatic rings. The van der Waals surface area contributed by atoms with E-state index in [1.165, 1.54) is 30.3 Å². The molecule has 0 aliphatic carbocycles. The maximum absolute atomic E-state index is 14.5. The van der Waals surface area contributed by atoms with Crippen LogP contribution in [0.1, 0.15) is 18.4 Å². The number of nitrogens with zero attached hydrogens (tertiary/aromatic N) is 2. The van der Waals surface area contributed by atoms with E-state index in [1.807, 2.05) is 4.90 Å². The lowest BCUT2D eigenvalue weighted by Crippen LogP contribution is -2.38. The molecule has 9 heteroatoms. The van der Waals surface area contributed by atoms with Gasteiger partial charge < -0.3 is 15.5 Å². The van der Waals surface area contributed by atoms with Crippen molar-refractivity contribution in [3.8, 4) is 0 Å². The fourth-order valence-corrected chi connectivity index (χ4v) is 3.61. The average molecular weight is 426 g/mol. The van der Waals surface area contributed by atoms with Crippen molar-refractivity contribution in [1.29, 1.82) is 0 Å². The summed E-state index contributed by atoms with van der Waals surface area (Å²) in [7, 11) is 0. The molecule has 2 aliphatic rings. The monoisotopic (exact) mass is 426 g/mol. The van der Waals surface area contributed by atoms with Crippen molar-refractivity contribution < 1.29 is 23.2 Å². The molecule has 0 saturated carbocycles. The van der Waals surface area contributed by atoms with Gasteiger partial charge in [-0.15, -0.1) is 0 Å². The highest BCUT2D eigenvalue weighted by Crippen LogP contribution is 2.25. The number of benzene rings is 2. The van der Waals surface area contributed by atoms with Crippen LogP contribution in [0.25, 0.3) is 6.08 Å². The fourth-order valence-electron chi connectivity index (χ4n) is 3.61. The van der Waals surface area contributed by atoms with E-state index in [0.717, 1.165) is 25.9 Å². The number of carbonyl (C=O) groups is 3. The summed E-state index contributed by atoms with van der Waals surface area (Å²) >= 11 is 0. The number of para-hydroxylation sites is 1. The van der Waals surface area contributed by atoms with E-state index >= 15 is 0 Å². The molecule has 2 aliphatic heterocycles. The predicted octanol–water partition coefficient (Wildman–Crippen LogP) is 3.10. The molecule has 31 heavy (non-hydrogen) atoms. The second-order valence-corrected chi connectivity index (χ2v) is 7.31. The van der Waals surface area contributed by atoms with Gasteiger partial charge in [-0.25, -0.2) is 18.5 Å². The van der Waals surface area contributed by atoms with E-state index in [2.05, 4.69) is 10.6 Å². The number of nitrogens with one attached hydrogen (secondary N) is 2. The minimum absolute atomic E-state index is 0.0520. The summed E-state index contributed by atoms with van der Waals surface area (Å²) in [6.45, 7) is 1.02. The Balaban J connectivity index is 1.45. The van der Waals surface area contributed by atoms with E-state index in [0.29, 0.717) is 16.2 Å². The largest absolute Gasteiger partial charge is 0.369 e. The third-order valence-corrected chi connectivity index (χ3v) is 5.14. The van der Waals surface area contributed by atoms with Gasteiger partial charge in [0, 0.05) is 13.1 Å². The normalized spacial score (nSPS) is 17.4. The Morgan fingerprint density at radius 3 is 2.52 bits per heavy atom. The van der Waals surface area contributed by atoms with Crippen LogP contribution < -0.4 is 15.5 Å². The first-order valence-electron chi connectivity index (χ1n) is 9.86. The van der Waals surface area contributed by atoms with Gasteiger partial charge in [-0.05, 0) is 48.7 Å². The summed E-state index contributed by atoms with van der Waals surface area (Å²) in [6, 6.07) is 9.39. The molecule has 160 valence electrons. The molecule has 0 bridgehead atoms. The van der Waals surface area contributed by atoms with Crippen LogP contribution >= 0.6 is 0 Å². The Hall–Kier alpha value is -3.75. The average Bonchev–Trinajstić information content (AvgIpc) is 3.35. The lowest BCUT2D eigenvalue weighted by atomic mass is 10.1. The van der Waals surface area contributed by atoms with Crippen LogP contribution in [0.2, 0.25) is 0 Å². The van der Waals surface area contributed by atoms with Crippen LogP contribution in [0.5, 0.6) is 0 Å².